The second-order valence-corrected chi connectivity index (χ2v) is 5.44. The summed E-state index contributed by atoms with van der Waals surface area (Å²) in [5.41, 5.74) is 1.13. The minimum atomic E-state index is -0.417. The average Bonchev–Trinajstić information content (AvgIpc) is 3.15. The van der Waals surface area contributed by atoms with Crippen LogP contribution >= 0.6 is 0 Å². The molecule has 22 heavy (non-hydrogen) atoms. The van der Waals surface area contributed by atoms with E-state index in [0.717, 1.165) is 36.9 Å². The smallest absolute Gasteiger partial charge is 0.157 e. The van der Waals surface area contributed by atoms with Gasteiger partial charge >= 0.3 is 0 Å². The van der Waals surface area contributed by atoms with Crippen LogP contribution in [0.2, 0.25) is 0 Å². The number of rotatable bonds is 2. The van der Waals surface area contributed by atoms with Crippen LogP contribution in [0.3, 0.4) is 0 Å². The normalized spacial score (nSPS) is 18.3. The van der Waals surface area contributed by atoms with Gasteiger partial charge in [0.25, 0.3) is 0 Å². The van der Waals surface area contributed by atoms with E-state index in [1.54, 1.807) is 16.8 Å². The molecule has 6 heteroatoms. The molecule has 1 unspecified atom stereocenters. The average molecular weight is 300 g/mol. The van der Waals surface area contributed by atoms with E-state index in [0.29, 0.717) is 5.56 Å². The second kappa shape index (κ2) is 5.05. The first kappa shape index (κ1) is 13.2. The van der Waals surface area contributed by atoms with Crippen molar-refractivity contribution in [2.45, 2.75) is 18.9 Å². The molecule has 1 fully saturated rings. The number of hydrogen-bond acceptors (Lipinski definition) is 3. The number of hydrogen-bond donors (Lipinski definition) is 0. The van der Waals surface area contributed by atoms with Gasteiger partial charge < -0.3 is 4.90 Å². The first-order valence-corrected chi connectivity index (χ1v) is 7.24. The Labute approximate surface area is 126 Å². The van der Waals surface area contributed by atoms with Crippen molar-refractivity contribution < 1.29 is 8.78 Å². The van der Waals surface area contributed by atoms with E-state index in [4.69, 9.17) is 0 Å². The van der Waals surface area contributed by atoms with Gasteiger partial charge in [-0.3, -0.25) is 0 Å². The quantitative estimate of drug-likeness (QED) is 0.728. The lowest BCUT2D eigenvalue weighted by atomic mass is 10.0. The fourth-order valence-electron chi connectivity index (χ4n) is 3.09. The van der Waals surface area contributed by atoms with Crippen LogP contribution in [0.1, 0.15) is 24.4 Å². The summed E-state index contributed by atoms with van der Waals surface area (Å²) in [4.78, 5) is 6.26. The summed E-state index contributed by atoms with van der Waals surface area (Å²) in [6.45, 7) is 0.768. The number of halogens is 2. The zero-order valence-corrected chi connectivity index (χ0v) is 11.8. The van der Waals surface area contributed by atoms with Crippen LogP contribution in [0, 0.1) is 11.6 Å². The topological polar surface area (TPSA) is 33.4 Å². The van der Waals surface area contributed by atoms with Crippen molar-refractivity contribution in [2.24, 2.45) is 0 Å². The Balaban J connectivity index is 1.75. The monoisotopic (exact) mass is 300 g/mol. The number of nitrogens with zero attached hydrogens (tertiary/aromatic N) is 4. The molecule has 3 heterocycles. The molecule has 1 aromatic carbocycles. The fraction of sp³-hybridized carbons (Fsp3) is 0.250. The van der Waals surface area contributed by atoms with E-state index in [9.17, 15) is 8.78 Å². The van der Waals surface area contributed by atoms with Gasteiger partial charge in [-0.2, -0.15) is 0 Å². The Bertz CT molecular complexity index is 797. The highest BCUT2D eigenvalue weighted by atomic mass is 19.1. The van der Waals surface area contributed by atoms with E-state index in [-0.39, 0.29) is 11.9 Å². The van der Waals surface area contributed by atoms with Gasteiger partial charge in [-0.05, 0) is 37.1 Å². The predicted molar refractivity (Wildman–Crippen MR) is 78.7 cm³/mol. The molecular weight excluding hydrogens is 286 g/mol. The van der Waals surface area contributed by atoms with E-state index < -0.39 is 5.82 Å². The van der Waals surface area contributed by atoms with E-state index in [1.807, 2.05) is 17.2 Å². The maximum atomic E-state index is 14.1. The zero-order valence-electron chi connectivity index (χ0n) is 11.8. The van der Waals surface area contributed by atoms with Crippen LogP contribution < -0.4 is 4.90 Å². The van der Waals surface area contributed by atoms with E-state index in [1.165, 1.54) is 12.1 Å². The lowest BCUT2D eigenvalue weighted by molar-refractivity contribution is 0.560. The molecule has 112 valence electrons. The molecule has 4 nitrogen and oxygen atoms in total. The summed E-state index contributed by atoms with van der Waals surface area (Å²) in [5, 5.41) is 4.49. The third-order valence-electron chi connectivity index (χ3n) is 4.09. The highest BCUT2D eigenvalue weighted by Crippen LogP contribution is 2.36. The van der Waals surface area contributed by atoms with Gasteiger partial charge in [0.1, 0.15) is 11.6 Å². The minimum absolute atomic E-state index is 0.194. The lowest BCUT2D eigenvalue weighted by Gasteiger charge is -2.25. The molecule has 1 atom stereocenters. The molecule has 0 spiro atoms. The molecule has 2 aromatic heterocycles. The summed E-state index contributed by atoms with van der Waals surface area (Å²) >= 11 is 0. The van der Waals surface area contributed by atoms with E-state index in [2.05, 4.69) is 10.1 Å². The Hall–Kier alpha value is -2.50. The molecule has 0 radical (unpaired) electrons. The van der Waals surface area contributed by atoms with Gasteiger partial charge in [0.15, 0.2) is 11.5 Å². The molecular formula is C16H14F2N4. The van der Waals surface area contributed by atoms with Gasteiger partial charge in [-0.25, -0.2) is 18.3 Å². The van der Waals surface area contributed by atoms with Crippen LogP contribution in [-0.4, -0.2) is 21.1 Å². The SMILES string of the molecule is Fc1ccc(F)c(C2CCCN2c2cc3ncccn3n2)c1. The third kappa shape index (κ3) is 2.11. The van der Waals surface area contributed by atoms with Crippen LogP contribution in [-0.2, 0) is 0 Å². The Morgan fingerprint density at radius 3 is 2.95 bits per heavy atom. The van der Waals surface area contributed by atoms with Gasteiger partial charge in [0.2, 0.25) is 0 Å². The molecule has 1 aliphatic heterocycles. The first-order valence-electron chi connectivity index (χ1n) is 7.24. The number of anilines is 1. The highest BCUT2D eigenvalue weighted by Gasteiger charge is 2.30. The fourth-order valence-corrected chi connectivity index (χ4v) is 3.09. The van der Waals surface area contributed by atoms with Crippen molar-refractivity contribution in [1.29, 1.82) is 0 Å². The summed E-state index contributed by atoms with van der Waals surface area (Å²) in [7, 11) is 0. The predicted octanol–water partition coefficient (Wildman–Crippen LogP) is 3.35. The standard InChI is InChI=1S/C16H14F2N4/c17-11-4-5-13(18)12(9-11)14-3-1-7-21(14)16-10-15-19-6-2-8-22(15)20-16/h2,4-6,8-10,14H,1,3,7H2. The summed E-state index contributed by atoms with van der Waals surface area (Å²) in [6.07, 6.45) is 5.22. The highest BCUT2D eigenvalue weighted by molar-refractivity contribution is 5.54. The number of aromatic nitrogens is 3. The molecule has 0 amide bonds. The molecule has 0 aliphatic carbocycles. The Kier molecular flexibility index (Phi) is 3.03. The van der Waals surface area contributed by atoms with Crippen molar-refractivity contribution in [3.8, 4) is 0 Å². The molecule has 0 N–H and O–H groups in total. The maximum absolute atomic E-state index is 14.1. The summed E-state index contributed by atoms with van der Waals surface area (Å²) in [6, 6.07) is 7.10. The molecule has 0 saturated carbocycles. The van der Waals surface area contributed by atoms with Gasteiger partial charge in [0, 0.05) is 30.6 Å². The molecule has 0 bridgehead atoms. The first-order chi connectivity index (χ1) is 10.7. The summed E-state index contributed by atoms with van der Waals surface area (Å²) < 4.78 is 29.3. The van der Waals surface area contributed by atoms with Crippen molar-refractivity contribution in [1.82, 2.24) is 14.6 Å². The van der Waals surface area contributed by atoms with Crippen molar-refractivity contribution in [2.75, 3.05) is 11.4 Å². The van der Waals surface area contributed by atoms with Crippen LogP contribution in [0.4, 0.5) is 14.6 Å². The largest absolute Gasteiger partial charge is 0.348 e. The minimum Gasteiger partial charge on any atom is -0.348 e. The van der Waals surface area contributed by atoms with Gasteiger partial charge in [-0.15, -0.1) is 5.10 Å². The zero-order chi connectivity index (χ0) is 15.1. The molecule has 4 rings (SSSR count). The second-order valence-electron chi connectivity index (χ2n) is 5.44. The third-order valence-corrected chi connectivity index (χ3v) is 4.09. The Morgan fingerprint density at radius 2 is 2.09 bits per heavy atom. The molecule has 3 aromatic rings. The number of benzene rings is 1. The van der Waals surface area contributed by atoms with Gasteiger partial charge in [0.05, 0.1) is 6.04 Å². The maximum Gasteiger partial charge on any atom is 0.157 e. The summed E-state index contributed by atoms with van der Waals surface area (Å²) in [5.74, 6) is -0.0510. The lowest BCUT2D eigenvalue weighted by Crippen LogP contribution is -2.23. The van der Waals surface area contributed by atoms with Crippen molar-refractivity contribution >= 4 is 11.5 Å². The van der Waals surface area contributed by atoms with Crippen LogP contribution in [0.5, 0.6) is 0 Å². The molecule has 1 saturated heterocycles. The molecule has 1 aliphatic rings. The van der Waals surface area contributed by atoms with Crippen LogP contribution in [0.15, 0.2) is 42.7 Å². The Morgan fingerprint density at radius 1 is 1.18 bits per heavy atom. The van der Waals surface area contributed by atoms with Gasteiger partial charge in [-0.1, -0.05) is 0 Å². The van der Waals surface area contributed by atoms with E-state index >= 15 is 0 Å². The van der Waals surface area contributed by atoms with Crippen molar-refractivity contribution in [3.05, 3.63) is 59.9 Å². The van der Waals surface area contributed by atoms with Crippen molar-refractivity contribution in [3.63, 3.8) is 0 Å². The van der Waals surface area contributed by atoms with Crippen LogP contribution in [0.25, 0.3) is 5.65 Å². The number of fused-ring (bicyclic) bond motifs is 1.